The Balaban J connectivity index is 1.17. The van der Waals surface area contributed by atoms with Crippen LogP contribution in [0.2, 0.25) is 0 Å². The van der Waals surface area contributed by atoms with Gasteiger partial charge in [-0.05, 0) is 131 Å². The highest BCUT2D eigenvalue weighted by atomic mass is 15.2. The molecular formula is C64H60BN. The molecule has 1 heterocycles. The van der Waals surface area contributed by atoms with E-state index < -0.39 is 0 Å². The van der Waals surface area contributed by atoms with Gasteiger partial charge in [0, 0.05) is 39.1 Å². The number of fused-ring (bicyclic) bond motifs is 9. The zero-order chi connectivity index (χ0) is 45.4. The van der Waals surface area contributed by atoms with Gasteiger partial charge in [0.15, 0.2) is 7.28 Å². The van der Waals surface area contributed by atoms with E-state index in [1.165, 1.54) is 117 Å². The maximum atomic E-state index is 2.69. The van der Waals surface area contributed by atoms with Crippen molar-refractivity contribution in [3.63, 3.8) is 0 Å². The first-order valence-electron chi connectivity index (χ1n) is 24.6. The molecule has 0 unspecified atom stereocenters. The maximum absolute atomic E-state index is 2.69. The lowest BCUT2D eigenvalue weighted by Crippen LogP contribution is -2.44. The van der Waals surface area contributed by atoms with Crippen LogP contribution in [0.1, 0.15) is 137 Å². The predicted octanol–water partition coefficient (Wildman–Crippen LogP) is 15.4. The molecule has 8 aromatic rings. The van der Waals surface area contributed by atoms with Crippen LogP contribution in [0.15, 0.2) is 163 Å². The normalized spacial score (nSPS) is 18.1. The summed E-state index contributed by atoms with van der Waals surface area (Å²) in [4.78, 5) is 2.69. The molecule has 1 nitrogen and oxygen atoms in total. The Morgan fingerprint density at radius 2 is 1.18 bits per heavy atom. The molecule has 0 spiro atoms. The van der Waals surface area contributed by atoms with E-state index in [9.17, 15) is 0 Å². The van der Waals surface area contributed by atoms with Crippen molar-refractivity contribution in [3.8, 4) is 22.3 Å². The molecule has 0 fully saturated rings. The van der Waals surface area contributed by atoms with E-state index in [1.807, 2.05) is 0 Å². The molecule has 0 saturated heterocycles. The number of anilines is 3. The number of rotatable bonds is 6. The topological polar surface area (TPSA) is 3.24 Å². The zero-order valence-electron chi connectivity index (χ0n) is 40.2. The monoisotopic (exact) mass is 853 g/mol. The molecule has 1 aliphatic heterocycles. The van der Waals surface area contributed by atoms with E-state index in [0.29, 0.717) is 5.92 Å². The Morgan fingerprint density at radius 1 is 0.545 bits per heavy atom. The largest absolute Gasteiger partial charge is 0.311 e. The second-order valence-corrected chi connectivity index (χ2v) is 21.6. The fourth-order valence-electron chi connectivity index (χ4n) is 13.5. The highest BCUT2D eigenvalue weighted by Gasteiger charge is 2.47. The van der Waals surface area contributed by atoms with Gasteiger partial charge in [0.1, 0.15) is 0 Å². The summed E-state index contributed by atoms with van der Waals surface area (Å²) in [5, 5.41) is 2.60. The first-order chi connectivity index (χ1) is 31.8. The average Bonchev–Trinajstić information content (AvgIpc) is 3.77. The molecule has 0 N–H and O–H groups in total. The predicted molar refractivity (Wildman–Crippen MR) is 284 cm³/mol. The van der Waals surface area contributed by atoms with Crippen LogP contribution in [-0.2, 0) is 16.2 Å². The number of allylic oxidation sites excluding steroid dienone is 1. The van der Waals surface area contributed by atoms with Crippen LogP contribution < -0.4 is 15.8 Å². The maximum Gasteiger partial charge on any atom is 0.198 e. The standard InChI is InChI=1S/C64H60BN/c1-10-21-38(2)41-32-33-54(47(34-41)40-22-12-11-13-23-40)66-55-37-52-51(62(4,5)49-30-18-19-31-50(49)63(52,6)7)36-53(55)65-61-56(66)35-42-24-14-15-25-43(42)59(61)46-28-20-27-45-57(46)39(3)60-58(45)44-26-16-17-29-48(44)64(60,8)9/h11-20,22-39,65H,10,21H2,1-9H3/t38-,39+/m0/s1. The molecule has 8 aromatic carbocycles. The molecule has 2 heteroatoms. The minimum atomic E-state index is -0.181. The second-order valence-electron chi connectivity index (χ2n) is 21.6. The Kier molecular flexibility index (Phi) is 9.06. The van der Waals surface area contributed by atoms with Gasteiger partial charge in [-0.1, -0.05) is 208 Å². The van der Waals surface area contributed by atoms with Gasteiger partial charge in [-0.2, -0.15) is 0 Å². The van der Waals surface area contributed by atoms with Crippen molar-refractivity contribution in [2.75, 3.05) is 4.90 Å². The molecule has 3 aliphatic carbocycles. The quantitative estimate of drug-likeness (QED) is 0.151. The molecule has 0 amide bonds. The van der Waals surface area contributed by atoms with Crippen LogP contribution in [-0.4, -0.2) is 7.28 Å². The van der Waals surface area contributed by atoms with E-state index >= 15 is 0 Å². The molecule has 2 atom stereocenters. The van der Waals surface area contributed by atoms with Crippen LogP contribution in [0.5, 0.6) is 0 Å². The molecular weight excluding hydrogens is 794 g/mol. The van der Waals surface area contributed by atoms with Crippen molar-refractivity contribution in [3.05, 3.63) is 213 Å². The summed E-state index contributed by atoms with van der Waals surface area (Å²) in [7, 11) is 0.846. The van der Waals surface area contributed by atoms with E-state index in [1.54, 1.807) is 5.57 Å². The molecule has 4 aliphatic rings. The van der Waals surface area contributed by atoms with Crippen molar-refractivity contribution >= 4 is 51.6 Å². The number of hydrogen-bond acceptors (Lipinski definition) is 1. The minimum Gasteiger partial charge on any atom is -0.311 e. The highest BCUT2D eigenvalue weighted by molar-refractivity contribution is 6.73. The molecule has 12 rings (SSSR count). The SMILES string of the molecule is CCC[C@H](C)c1ccc(N2c3cc4c(cc3Bc3c2cc2ccccc2c3-c2cccc3c2[C@@H](C)C2=C3c3ccccc3C2(C)C)C(C)(C)c2ccccc2C4(C)C)c(-c2ccccc2)c1. The molecule has 0 saturated carbocycles. The molecule has 0 bridgehead atoms. The summed E-state index contributed by atoms with van der Waals surface area (Å²) in [6.07, 6.45) is 2.33. The van der Waals surface area contributed by atoms with Gasteiger partial charge in [0.2, 0.25) is 0 Å². The van der Waals surface area contributed by atoms with Crippen LogP contribution >= 0.6 is 0 Å². The van der Waals surface area contributed by atoms with Gasteiger partial charge in [0.05, 0.1) is 5.69 Å². The third kappa shape index (κ3) is 5.66. The Bertz CT molecular complexity index is 3360. The number of nitrogens with zero attached hydrogens (tertiary/aromatic N) is 1. The van der Waals surface area contributed by atoms with E-state index in [2.05, 4.69) is 225 Å². The lowest BCUT2D eigenvalue weighted by Gasteiger charge is -2.46. The van der Waals surface area contributed by atoms with Gasteiger partial charge in [-0.25, -0.2) is 0 Å². The Labute approximate surface area is 393 Å². The van der Waals surface area contributed by atoms with Gasteiger partial charge in [-0.3, -0.25) is 0 Å². The summed E-state index contributed by atoms with van der Waals surface area (Å²) in [5.41, 5.74) is 27.4. The highest BCUT2D eigenvalue weighted by Crippen LogP contribution is 2.61. The number of benzene rings is 8. The lowest BCUT2D eigenvalue weighted by molar-refractivity contribution is 0.521. The van der Waals surface area contributed by atoms with Gasteiger partial charge in [0.25, 0.3) is 0 Å². The number of hydrogen-bond donors (Lipinski definition) is 0. The smallest absolute Gasteiger partial charge is 0.198 e. The van der Waals surface area contributed by atoms with Crippen LogP contribution in [0.3, 0.4) is 0 Å². The fraction of sp³-hybridized carbons (Fsp3) is 0.250. The average molecular weight is 854 g/mol. The van der Waals surface area contributed by atoms with Crippen molar-refractivity contribution in [2.24, 2.45) is 0 Å². The molecule has 324 valence electrons. The summed E-state index contributed by atoms with van der Waals surface area (Å²) >= 11 is 0. The lowest BCUT2D eigenvalue weighted by atomic mass is 9.54. The first-order valence-corrected chi connectivity index (χ1v) is 24.6. The third-order valence-corrected chi connectivity index (χ3v) is 16.8. The van der Waals surface area contributed by atoms with E-state index in [0.717, 1.165) is 20.1 Å². The minimum absolute atomic E-state index is 0.0531. The van der Waals surface area contributed by atoms with Gasteiger partial charge < -0.3 is 4.90 Å². The molecule has 0 aromatic heterocycles. The fourth-order valence-corrected chi connectivity index (χ4v) is 13.5. The third-order valence-electron chi connectivity index (χ3n) is 16.8. The van der Waals surface area contributed by atoms with Crippen molar-refractivity contribution < 1.29 is 0 Å². The van der Waals surface area contributed by atoms with Crippen LogP contribution in [0, 0.1) is 0 Å². The second kappa shape index (κ2) is 14.6. The zero-order valence-corrected chi connectivity index (χ0v) is 40.2. The van der Waals surface area contributed by atoms with E-state index in [4.69, 9.17) is 0 Å². The van der Waals surface area contributed by atoms with Gasteiger partial charge >= 0.3 is 0 Å². The Hall–Kier alpha value is -6.38. The summed E-state index contributed by atoms with van der Waals surface area (Å²) in [6.45, 7) is 21.9. The molecule has 66 heavy (non-hydrogen) atoms. The van der Waals surface area contributed by atoms with Crippen LogP contribution in [0.4, 0.5) is 17.1 Å². The van der Waals surface area contributed by atoms with Crippen molar-refractivity contribution in [2.45, 2.75) is 103 Å². The van der Waals surface area contributed by atoms with Crippen molar-refractivity contribution in [1.29, 1.82) is 0 Å². The van der Waals surface area contributed by atoms with Crippen LogP contribution in [0.25, 0.3) is 38.6 Å². The first kappa shape index (κ1) is 41.1. The summed E-state index contributed by atoms with van der Waals surface area (Å²) in [5.74, 6) is 0.736. The summed E-state index contributed by atoms with van der Waals surface area (Å²) < 4.78 is 0. The molecule has 0 radical (unpaired) electrons. The Morgan fingerprint density at radius 3 is 1.92 bits per heavy atom. The van der Waals surface area contributed by atoms with Gasteiger partial charge in [-0.15, -0.1) is 0 Å². The van der Waals surface area contributed by atoms with E-state index in [-0.39, 0.29) is 22.2 Å². The summed E-state index contributed by atoms with van der Waals surface area (Å²) in [6, 6.07) is 61.1. The van der Waals surface area contributed by atoms with Crippen molar-refractivity contribution in [1.82, 2.24) is 0 Å².